The summed E-state index contributed by atoms with van der Waals surface area (Å²) in [6.45, 7) is -0.219. The van der Waals surface area contributed by atoms with Crippen molar-refractivity contribution in [2.24, 2.45) is 5.10 Å². The van der Waals surface area contributed by atoms with Gasteiger partial charge in [-0.15, -0.1) is 23.5 Å². The van der Waals surface area contributed by atoms with Gasteiger partial charge < -0.3 is 14.2 Å². The number of methoxy groups -OCH3 is 2. The topological polar surface area (TPSA) is 112 Å². The van der Waals surface area contributed by atoms with E-state index < -0.39 is 10.8 Å². The van der Waals surface area contributed by atoms with Crippen LogP contribution in [0.2, 0.25) is 0 Å². The number of hydrazone groups is 1. The molecule has 9 nitrogen and oxygen atoms in total. The maximum atomic E-state index is 12.0. The van der Waals surface area contributed by atoms with Crippen molar-refractivity contribution in [2.75, 3.05) is 32.3 Å². The summed E-state index contributed by atoms with van der Waals surface area (Å²) in [5.74, 6) is 2.81. The summed E-state index contributed by atoms with van der Waals surface area (Å²) in [6.07, 6.45) is 1.26. The molecule has 11 heteroatoms. The van der Waals surface area contributed by atoms with Gasteiger partial charge in [-0.3, -0.25) is 14.9 Å². The Bertz CT molecular complexity index is 962. The minimum Gasteiger partial charge on any atom is -0.496 e. The monoisotopic (exact) mass is 463 g/mol. The Labute approximate surface area is 187 Å². The fourth-order valence-corrected chi connectivity index (χ4v) is 5.64. The molecule has 31 heavy (non-hydrogen) atoms. The van der Waals surface area contributed by atoms with Crippen molar-refractivity contribution < 1.29 is 23.9 Å². The van der Waals surface area contributed by atoms with Crippen LogP contribution in [-0.4, -0.2) is 49.4 Å². The molecule has 0 spiro atoms. The Morgan fingerprint density at radius 2 is 1.87 bits per heavy atom. The fourth-order valence-electron chi connectivity index (χ4n) is 2.78. The van der Waals surface area contributed by atoms with Crippen molar-refractivity contribution in [1.82, 2.24) is 5.43 Å². The normalized spacial score (nSPS) is 13.9. The lowest BCUT2D eigenvalue weighted by Crippen LogP contribution is -2.24. The van der Waals surface area contributed by atoms with Gasteiger partial charge in [-0.2, -0.15) is 5.10 Å². The first kappa shape index (κ1) is 22.8. The highest BCUT2D eigenvalue weighted by molar-refractivity contribution is 8.19. The van der Waals surface area contributed by atoms with Crippen molar-refractivity contribution in [3.05, 3.63) is 57.6 Å². The highest BCUT2D eigenvalue weighted by Crippen LogP contribution is 2.45. The Balaban J connectivity index is 1.55. The lowest BCUT2D eigenvalue weighted by molar-refractivity contribution is -0.385. The van der Waals surface area contributed by atoms with E-state index >= 15 is 0 Å². The highest BCUT2D eigenvalue weighted by Gasteiger charge is 2.19. The van der Waals surface area contributed by atoms with Crippen LogP contribution >= 0.6 is 23.5 Å². The van der Waals surface area contributed by atoms with Crippen LogP contribution < -0.4 is 19.6 Å². The molecule has 1 N–H and O–H groups in total. The van der Waals surface area contributed by atoms with Crippen molar-refractivity contribution in [1.29, 1.82) is 0 Å². The molecule has 0 radical (unpaired) electrons. The summed E-state index contributed by atoms with van der Waals surface area (Å²) >= 11 is 3.85. The number of nitrogens with one attached hydrogen (secondary N) is 1. The number of hydrogen-bond donors (Lipinski definition) is 1. The Hall–Kier alpha value is -2.92. The van der Waals surface area contributed by atoms with Crippen LogP contribution in [0, 0.1) is 10.1 Å². The first-order valence-electron chi connectivity index (χ1n) is 9.20. The predicted molar refractivity (Wildman–Crippen MR) is 122 cm³/mol. The van der Waals surface area contributed by atoms with Crippen LogP contribution in [0.3, 0.4) is 0 Å². The lowest BCUT2D eigenvalue weighted by Gasteiger charge is -2.10. The van der Waals surface area contributed by atoms with Crippen LogP contribution in [0.5, 0.6) is 17.2 Å². The van der Waals surface area contributed by atoms with Crippen molar-refractivity contribution in [3.63, 3.8) is 0 Å². The number of carbonyl (C=O) groups excluding carboxylic acids is 1. The van der Waals surface area contributed by atoms with Crippen LogP contribution in [-0.2, 0) is 4.79 Å². The van der Waals surface area contributed by atoms with Gasteiger partial charge in [0, 0.05) is 29.2 Å². The molecule has 1 fully saturated rings. The van der Waals surface area contributed by atoms with Gasteiger partial charge in [0.15, 0.2) is 6.61 Å². The van der Waals surface area contributed by atoms with E-state index in [9.17, 15) is 14.9 Å². The van der Waals surface area contributed by atoms with Gasteiger partial charge in [-0.1, -0.05) is 12.1 Å². The van der Waals surface area contributed by atoms with Crippen LogP contribution in [0.25, 0.3) is 0 Å². The molecule has 1 heterocycles. The van der Waals surface area contributed by atoms with E-state index in [4.69, 9.17) is 14.2 Å². The summed E-state index contributed by atoms with van der Waals surface area (Å²) in [5.41, 5.74) is 3.64. The summed E-state index contributed by atoms with van der Waals surface area (Å²) in [5, 5.41) is 15.0. The van der Waals surface area contributed by atoms with Gasteiger partial charge in [0.25, 0.3) is 5.91 Å². The maximum absolute atomic E-state index is 12.0. The quantitative estimate of drug-likeness (QED) is 0.341. The van der Waals surface area contributed by atoms with Crippen molar-refractivity contribution in [3.8, 4) is 17.2 Å². The average molecular weight is 464 g/mol. The largest absolute Gasteiger partial charge is 0.496 e. The minimum atomic E-state index is -0.572. The first-order chi connectivity index (χ1) is 15.0. The first-order valence-corrected chi connectivity index (χ1v) is 11.3. The van der Waals surface area contributed by atoms with Crippen molar-refractivity contribution in [2.45, 2.75) is 4.58 Å². The van der Waals surface area contributed by atoms with E-state index in [0.717, 1.165) is 11.5 Å². The molecule has 0 unspecified atom stereocenters. The summed E-state index contributed by atoms with van der Waals surface area (Å²) in [4.78, 5) is 22.6. The zero-order valence-corrected chi connectivity index (χ0v) is 18.5. The van der Waals surface area contributed by atoms with E-state index in [2.05, 4.69) is 10.5 Å². The van der Waals surface area contributed by atoms with Crippen LogP contribution in [0.1, 0.15) is 15.7 Å². The molecule has 0 bridgehead atoms. The molecule has 1 saturated heterocycles. The van der Waals surface area contributed by atoms with Crippen LogP contribution in [0.4, 0.5) is 5.69 Å². The molecule has 1 amide bonds. The third-order valence-electron chi connectivity index (χ3n) is 4.26. The molecule has 0 aromatic heterocycles. The Morgan fingerprint density at radius 1 is 1.19 bits per heavy atom. The van der Waals surface area contributed by atoms with Crippen LogP contribution in [0.15, 0.2) is 41.5 Å². The molecule has 1 aliphatic rings. The minimum absolute atomic E-state index is 0.0626. The van der Waals surface area contributed by atoms with Gasteiger partial charge in [0.1, 0.15) is 11.5 Å². The van der Waals surface area contributed by atoms with E-state index in [1.807, 2.05) is 47.8 Å². The second kappa shape index (κ2) is 10.9. The zero-order chi connectivity index (χ0) is 22.2. The molecule has 1 aliphatic heterocycles. The second-order valence-electron chi connectivity index (χ2n) is 6.25. The standard InChI is InChI=1S/C20H21N3O6S2/c1-27-17-10-18(28-2)16(23(25)26)9-14(17)11-21-22-19(24)12-29-15-5-3-13(4-6-15)20-30-7-8-31-20/h3-6,9-11,20H,7-8,12H2,1-2H3,(H,22,24)/b21-11-. The number of benzene rings is 2. The molecule has 3 rings (SSSR count). The average Bonchev–Trinajstić information content (AvgIpc) is 3.32. The molecule has 0 atom stereocenters. The Kier molecular flexibility index (Phi) is 8.01. The SMILES string of the molecule is COc1cc(OC)c([N+](=O)[O-])cc1/C=N\NC(=O)COc1ccc(C2SCCS2)cc1. The smallest absolute Gasteiger partial charge is 0.311 e. The molecular formula is C20H21N3O6S2. The van der Waals surface area contributed by atoms with Gasteiger partial charge in [0.2, 0.25) is 5.75 Å². The molecule has 0 aliphatic carbocycles. The van der Waals surface area contributed by atoms with E-state index in [-0.39, 0.29) is 18.0 Å². The van der Waals surface area contributed by atoms with Gasteiger partial charge in [-0.05, 0) is 17.7 Å². The number of amides is 1. The van der Waals surface area contributed by atoms with Crippen molar-refractivity contribution >= 4 is 41.3 Å². The fraction of sp³-hybridized carbons (Fsp3) is 0.300. The van der Waals surface area contributed by atoms with Gasteiger partial charge >= 0.3 is 5.69 Å². The van der Waals surface area contributed by atoms with Gasteiger partial charge in [0.05, 0.1) is 29.9 Å². The van der Waals surface area contributed by atoms with E-state index in [1.54, 1.807) is 0 Å². The van der Waals surface area contributed by atoms with E-state index in [0.29, 0.717) is 21.6 Å². The lowest BCUT2D eigenvalue weighted by atomic mass is 10.1. The number of nitro groups is 1. The number of rotatable bonds is 9. The predicted octanol–water partition coefficient (Wildman–Crippen LogP) is 3.62. The molecule has 0 saturated carbocycles. The molecular weight excluding hydrogens is 442 g/mol. The molecule has 2 aromatic carbocycles. The third-order valence-corrected chi connectivity index (χ3v) is 7.37. The third kappa shape index (κ3) is 6.05. The number of hydrogen-bond acceptors (Lipinski definition) is 9. The summed E-state index contributed by atoms with van der Waals surface area (Å²) < 4.78 is 16.1. The Morgan fingerprint density at radius 3 is 2.48 bits per heavy atom. The number of thioether (sulfide) groups is 2. The number of nitrogens with zero attached hydrogens (tertiary/aromatic N) is 2. The zero-order valence-electron chi connectivity index (χ0n) is 16.9. The second-order valence-corrected chi connectivity index (χ2v) is 8.97. The highest BCUT2D eigenvalue weighted by atomic mass is 32.2. The molecule has 164 valence electrons. The molecule has 2 aromatic rings. The summed E-state index contributed by atoms with van der Waals surface area (Å²) in [6, 6.07) is 10.3. The number of carbonyl (C=O) groups is 1. The number of nitro benzene ring substituents is 1. The van der Waals surface area contributed by atoms with Gasteiger partial charge in [-0.25, -0.2) is 5.43 Å². The maximum Gasteiger partial charge on any atom is 0.311 e. The number of ether oxygens (including phenoxy) is 3. The van der Waals surface area contributed by atoms with E-state index in [1.165, 1.54) is 38.1 Å². The summed E-state index contributed by atoms with van der Waals surface area (Å²) in [7, 11) is 2.75.